The molecule has 1 amide bonds. The van der Waals surface area contributed by atoms with Gasteiger partial charge in [-0.3, -0.25) is 4.79 Å². The highest BCUT2D eigenvalue weighted by Gasteiger charge is 2.33. The van der Waals surface area contributed by atoms with Crippen molar-refractivity contribution in [2.45, 2.75) is 62.2 Å². The van der Waals surface area contributed by atoms with Crippen LogP contribution in [0.25, 0.3) is 0 Å². The second kappa shape index (κ2) is 10.7. The number of aryl methyl sites for hydroxylation is 1. The molecular weight excluding hydrogens is 408 g/mol. The molecule has 0 unspecified atom stereocenters. The summed E-state index contributed by atoms with van der Waals surface area (Å²) in [4.78, 5) is 12.7. The molecule has 30 heavy (non-hydrogen) atoms. The highest BCUT2D eigenvalue weighted by atomic mass is 32.2. The summed E-state index contributed by atoms with van der Waals surface area (Å²) in [6.07, 6.45) is 2.66. The van der Waals surface area contributed by atoms with Gasteiger partial charge >= 0.3 is 0 Å². The third-order valence-electron chi connectivity index (χ3n) is 5.86. The van der Waals surface area contributed by atoms with E-state index in [0.29, 0.717) is 50.9 Å². The maximum absolute atomic E-state index is 12.5. The van der Waals surface area contributed by atoms with Crippen LogP contribution in [0.3, 0.4) is 0 Å². The van der Waals surface area contributed by atoms with Gasteiger partial charge in [0, 0.05) is 25.7 Å². The third-order valence-corrected chi connectivity index (χ3v) is 7.48. The van der Waals surface area contributed by atoms with E-state index in [-0.39, 0.29) is 42.0 Å². The molecule has 3 atom stereocenters. The molecular formula is C21H32N2O6S. The molecule has 0 radical (unpaired) electrons. The molecule has 0 bridgehead atoms. The Morgan fingerprint density at radius 1 is 1.17 bits per heavy atom. The van der Waals surface area contributed by atoms with E-state index in [9.17, 15) is 18.3 Å². The lowest BCUT2D eigenvalue weighted by molar-refractivity contribution is -0.134. The second-order valence-electron chi connectivity index (χ2n) is 8.01. The minimum Gasteiger partial charge on any atom is -0.394 e. The second-order valence-corrected chi connectivity index (χ2v) is 9.75. The molecule has 9 heteroatoms. The molecule has 0 spiro atoms. The predicted octanol–water partition coefficient (Wildman–Crippen LogP) is 1.11. The first-order chi connectivity index (χ1) is 14.4. The van der Waals surface area contributed by atoms with E-state index in [1.54, 1.807) is 31.2 Å². The molecule has 0 aliphatic carbocycles. The van der Waals surface area contributed by atoms with E-state index in [0.717, 1.165) is 0 Å². The van der Waals surface area contributed by atoms with Crippen LogP contribution in [-0.2, 0) is 24.3 Å². The van der Waals surface area contributed by atoms with Crippen molar-refractivity contribution in [3.05, 3.63) is 29.8 Å². The summed E-state index contributed by atoms with van der Waals surface area (Å²) in [5.74, 6) is -0.0542. The summed E-state index contributed by atoms with van der Waals surface area (Å²) in [7, 11) is -3.57. The number of rotatable bonds is 8. The molecule has 2 aliphatic heterocycles. The average molecular weight is 441 g/mol. The van der Waals surface area contributed by atoms with Crippen molar-refractivity contribution in [2.75, 3.05) is 26.4 Å². The van der Waals surface area contributed by atoms with E-state index in [1.165, 1.54) is 0 Å². The Labute approximate surface area is 178 Å². The van der Waals surface area contributed by atoms with E-state index < -0.39 is 16.1 Å². The Morgan fingerprint density at radius 3 is 2.60 bits per heavy atom. The van der Waals surface area contributed by atoms with Crippen LogP contribution in [0.15, 0.2) is 29.2 Å². The third kappa shape index (κ3) is 6.01. The highest BCUT2D eigenvalue weighted by Crippen LogP contribution is 2.23. The largest absolute Gasteiger partial charge is 0.394 e. The minimum absolute atomic E-state index is 0.00482. The summed E-state index contributed by atoms with van der Waals surface area (Å²) < 4.78 is 38.9. The molecule has 3 N–H and O–H groups in total. The van der Waals surface area contributed by atoms with Crippen molar-refractivity contribution in [1.29, 1.82) is 0 Å². The zero-order chi connectivity index (χ0) is 21.6. The first-order valence-corrected chi connectivity index (χ1v) is 12.1. The number of benzene rings is 1. The Bertz CT molecular complexity index is 809. The number of aliphatic hydroxyl groups is 1. The lowest BCUT2D eigenvalue weighted by Gasteiger charge is -2.37. The van der Waals surface area contributed by atoms with Crippen molar-refractivity contribution in [2.24, 2.45) is 5.92 Å². The SMILES string of the molecule is Cc1ccccc1S(=O)(=O)NCC[C@@H]1CC[C@H](NC(=O)C2CCOCC2)[C@H](CO)O1. The van der Waals surface area contributed by atoms with Crippen molar-refractivity contribution in [3.63, 3.8) is 0 Å². The van der Waals surface area contributed by atoms with Gasteiger partial charge in [-0.1, -0.05) is 18.2 Å². The summed E-state index contributed by atoms with van der Waals surface area (Å²) >= 11 is 0. The molecule has 1 aromatic rings. The number of hydrogen-bond acceptors (Lipinski definition) is 6. The number of ether oxygens (including phenoxy) is 2. The van der Waals surface area contributed by atoms with Gasteiger partial charge in [0.15, 0.2) is 0 Å². The zero-order valence-electron chi connectivity index (χ0n) is 17.4. The Kier molecular flexibility index (Phi) is 8.24. The zero-order valence-corrected chi connectivity index (χ0v) is 18.2. The number of nitrogens with one attached hydrogen (secondary N) is 2. The molecule has 8 nitrogen and oxygen atoms in total. The van der Waals surface area contributed by atoms with Gasteiger partial charge < -0.3 is 19.9 Å². The predicted molar refractivity (Wildman–Crippen MR) is 111 cm³/mol. The molecule has 2 fully saturated rings. The number of hydrogen-bond donors (Lipinski definition) is 3. The number of aliphatic hydroxyl groups excluding tert-OH is 1. The molecule has 168 valence electrons. The van der Waals surface area contributed by atoms with Crippen LogP contribution in [-0.4, -0.2) is 64.0 Å². The van der Waals surface area contributed by atoms with Crippen LogP contribution < -0.4 is 10.0 Å². The van der Waals surface area contributed by atoms with Gasteiger partial charge in [-0.2, -0.15) is 0 Å². The quantitative estimate of drug-likeness (QED) is 0.558. The number of amides is 1. The first kappa shape index (κ1) is 23.1. The summed E-state index contributed by atoms with van der Waals surface area (Å²) in [5.41, 5.74) is 0.697. The van der Waals surface area contributed by atoms with Crippen LogP contribution >= 0.6 is 0 Å². The van der Waals surface area contributed by atoms with E-state index >= 15 is 0 Å². The normalized spacial score (nSPS) is 25.7. The van der Waals surface area contributed by atoms with E-state index in [4.69, 9.17) is 9.47 Å². The Hall–Kier alpha value is -1.52. The number of sulfonamides is 1. The van der Waals surface area contributed by atoms with Gasteiger partial charge in [-0.05, 0) is 50.7 Å². The highest BCUT2D eigenvalue weighted by molar-refractivity contribution is 7.89. The van der Waals surface area contributed by atoms with Crippen molar-refractivity contribution in [3.8, 4) is 0 Å². The van der Waals surface area contributed by atoms with Gasteiger partial charge in [0.1, 0.15) is 6.10 Å². The minimum atomic E-state index is -3.57. The van der Waals surface area contributed by atoms with E-state index in [1.807, 2.05) is 0 Å². The van der Waals surface area contributed by atoms with Crippen molar-refractivity contribution in [1.82, 2.24) is 10.0 Å². The van der Waals surface area contributed by atoms with Gasteiger partial charge in [-0.15, -0.1) is 0 Å². The van der Waals surface area contributed by atoms with Gasteiger partial charge in [0.25, 0.3) is 0 Å². The van der Waals surface area contributed by atoms with Crippen LogP contribution in [0, 0.1) is 12.8 Å². The monoisotopic (exact) mass is 440 g/mol. The number of carbonyl (C=O) groups excluding carboxylic acids is 1. The summed E-state index contributed by atoms with van der Waals surface area (Å²) in [5, 5.41) is 12.8. The fourth-order valence-corrected chi connectivity index (χ4v) is 5.35. The lowest BCUT2D eigenvalue weighted by Crippen LogP contribution is -2.52. The molecule has 2 aliphatic rings. The van der Waals surface area contributed by atoms with Crippen molar-refractivity contribution >= 4 is 15.9 Å². The standard InChI is InChI=1S/C21H32N2O6S/c1-15-4-2-3-5-20(15)30(26,27)22-11-8-17-6-7-18(19(14-24)29-17)23-21(25)16-9-12-28-13-10-16/h2-5,16-19,22,24H,6-14H2,1H3,(H,23,25)/t17-,18-,19-/m0/s1. The van der Waals surface area contributed by atoms with Gasteiger partial charge in [0.05, 0.1) is 23.6 Å². The smallest absolute Gasteiger partial charge is 0.240 e. The molecule has 0 aromatic heterocycles. The van der Waals surface area contributed by atoms with Crippen LogP contribution in [0.4, 0.5) is 0 Å². The van der Waals surface area contributed by atoms with Crippen LogP contribution in [0.5, 0.6) is 0 Å². The first-order valence-electron chi connectivity index (χ1n) is 10.6. The summed E-state index contributed by atoms with van der Waals surface area (Å²) in [6, 6.07) is 6.62. The average Bonchev–Trinajstić information content (AvgIpc) is 2.75. The Morgan fingerprint density at radius 2 is 1.90 bits per heavy atom. The van der Waals surface area contributed by atoms with Crippen LogP contribution in [0.1, 0.15) is 37.7 Å². The summed E-state index contributed by atoms with van der Waals surface area (Å²) in [6.45, 7) is 3.02. The fourth-order valence-electron chi connectivity index (χ4n) is 4.06. The molecule has 2 heterocycles. The van der Waals surface area contributed by atoms with Crippen LogP contribution in [0.2, 0.25) is 0 Å². The fraction of sp³-hybridized carbons (Fsp3) is 0.667. The van der Waals surface area contributed by atoms with Crippen molar-refractivity contribution < 1.29 is 27.8 Å². The molecule has 2 saturated heterocycles. The Balaban J connectivity index is 1.47. The van der Waals surface area contributed by atoms with Gasteiger partial charge in [-0.25, -0.2) is 13.1 Å². The van der Waals surface area contributed by atoms with Gasteiger partial charge in [0.2, 0.25) is 15.9 Å². The molecule has 1 aromatic carbocycles. The molecule has 3 rings (SSSR count). The maximum Gasteiger partial charge on any atom is 0.240 e. The lowest BCUT2D eigenvalue weighted by atomic mass is 9.94. The number of carbonyl (C=O) groups is 1. The topological polar surface area (TPSA) is 114 Å². The maximum atomic E-state index is 12.5. The molecule has 0 saturated carbocycles. The van der Waals surface area contributed by atoms with E-state index in [2.05, 4.69) is 10.0 Å².